The highest BCUT2D eigenvalue weighted by Crippen LogP contribution is 2.39. The molecule has 0 amide bonds. The predicted octanol–water partition coefficient (Wildman–Crippen LogP) is 5.04. The van der Waals surface area contributed by atoms with Crippen LogP contribution < -0.4 is 5.73 Å². The minimum atomic E-state index is -0.104. The average Bonchev–Trinajstić information content (AvgIpc) is 2.74. The molecular weight excluding hydrogens is 382 g/mol. The van der Waals surface area contributed by atoms with Gasteiger partial charge >= 0.3 is 0 Å². The fourth-order valence-corrected chi connectivity index (χ4v) is 4.63. The first-order valence-corrected chi connectivity index (χ1v) is 7.69. The summed E-state index contributed by atoms with van der Waals surface area (Å²) in [5.74, 6) is 0. The number of rotatable bonds is 2. The Kier molecular flexibility index (Phi) is 3.91. The monoisotopic (exact) mass is 385 g/mol. The van der Waals surface area contributed by atoms with Gasteiger partial charge in [-0.15, -0.1) is 22.7 Å². The topological polar surface area (TPSA) is 26.0 Å². The van der Waals surface area contributed by atoms with E-state index < -0.39 is 0 Å². The quantitative estimate of drug-likeness (QED) is 0.768. The van der Waals surface area contributed by atoms with Gasteiger partial charge in [-0.05, 0) is 49.4 Å². The van der Waals surface area contributed by atoms with Crippen LogP contribution in [0.5, 0.6) is 0 Å². The van der Waals surface area contributed by atoms with Crippen molar-refractivity contribution in [1.29, 1.82) is 0 Å². The summed E-state index contributed by atoms with van der Waals surface area (Å²) in [6.45, 7) is 0. The van der Waals surface area contributed by atoms with Crippen LogP contribution >= 0.6 is 66.1 Å². The van der Waals surface area contributed by atoms with Crippen molar-refractivity contribution in [2.24, 2.45) is 5.73 Å². The summed E-state index contributed by atoms with van der Waals surface area (Å²) in [7, 11) is 0. The van der Waals surface area contributed by atoms with Crippen LogP contribution in [0.4, 0.5) is 0 Å². The zero-order valence-electron chi connectivity index (χ0n) is 7.34. The maximum atomic E-state index is 6.16. The number of hydrogen-bond donors (Lipinski definition) is 1. The minimum Gasteiger partial charge on any atom is -0.319 e. The number of halogens is 3. The molecule has 0 radical (unpaired) electrons. The van der Waals surface area contributed by atoms with Crippen molar-refractivity contribution in [3.05, 3.63) is 40.5 Å². The van der Waals surface area contributed by atoms with Crippen LogP contribution in [-0.4, -0.2) is 0 Å². The predicted molar refractivity (Wildman–Crippen MR) is 75.1 cm³/mol. The molecular formula is C9H6Br2ClNS2. The van der Waals surface area contributed by atoms with E-state index in [9.17, 15) is 0 Å². The molecule has 0 aliphatic carbocycles. The third-order valence-corrected chi connectivity index (χ3v) is 6.41. The standard InChI is InChI=1S/C9H6Br2ClNS2/c10-4-1-2-14-8(4)7(13)6-3-5(11)9(12)15-6/h1-3,7H,13H2. The Labute approximate surface area is 118 Å². The molecule has 2 N–H and O–H groups in total. The summed E-state index contributed by atoms with van der Waals surface area (Å²) in [6.07, 6.45) is 0. The molecule has 0 saturated heterocycles. The van der Waals surface area contributed by atoms with Crippen molar-refractivity contribution in [3.8, 4) is 0 Å². The first-order valence-electron chi connectivity index (χ1n) is 4.03. The molecule has 1 unspecified atom stereocenters. The van der Waals surface area contributed by atoms with Gasteiger partial charge in [-0.1, -0.05) is 11.6 Å². The van der Waals surface area contributed by atoms with Gasteiger partial charge in [0.2, 0.25) is 0 Å². The van der Waals surface area contributed by atoms with Gasteiger partial charge in [0.15, 0.2) is 0 Å². The van der Waals surface area contributed by atoms with Crippen LogP contribution in [0.1, 0.15) is 15.8 Å². The third-order valence-electron chi connectivity index (χ3n) is 1.90. The molecule has 2 rings (SSSR count). The summed E-state index contributed by atoms with van der Waals surface area (Å²) in [6, 6.07) is 3.88. The third kappa shape index (κ3) is 2.48. The van der Waals surface area contributed by atoms with Crippen LogP contribution in [0.25, 0.3) is 0 Å². The van der Waals surface area contributed by atoms with Crippen LogP contribution in [0.3, 0.4) is 0 Å². The van der Waals surface area contributed by atoms with Crippen molar-refractivity contribution in [1.82, 2.24) is 0 Å². The second kappa shape index (κ2) is 4.85. The maximum Gasteiger partial charge on any atom is 0.107 e. The maximum absolute atomic E-state index is 6.16. The van der Waals surface area contributed by atoms with E-state index in [2.05, 4.69) is 31.9 Å². The lowest BCUT2D eigenvalue weighted by Crippen LogP contribution is -2.08. The first-order chi connectivity index (χ1) is 7.09. The Bertz CT molecular complexity index is 461. The van der Waals surface area contributed by atoms with Crippen LogP contribution in [-0.2, 0) is 0 Å². The molecule has 0 aromatic carbocycles. The lowest BCUT2D eigenvalue weighted by atomic mass is 10.2. The van der Waals surface area contributed by atoms with E-state index >= 15 is 0 Å². The van der Waals surface area contributed by atoms with Gasteiger partial charge in [-0.3, -0.25) is 0 Å². The molecule has 6 heteroatoms. The Morgan fingerprint density at radius 2 is 2.07 bits per heavy atom. The second-order valence-corrected chi connectivity index (χ2v) is 7.22. The second-order valence-electron chi connectivity index (χ2n) is 2.88. The SMILES string of the molecule is NC(c1cc(Br)c(Cl)s1)c1sccc1Br. The molecule has 0 spiro atoms. The molecule has 0 saturated carbocycles. The number of hydrogen-bond acceptors (Lipinski definition) is 3. The summed E-state index contributed by atoms with van der Waals surface area (Å²) in [5, 5.41) is 2.02. The first kappa shape index (κ1) is 12.1. The lowest BCUT2D eigenvalue weighted by Gasteiger charge is -2.07. The minimum absolute atomic E-state index is 0.104. The summed E-state index contributed by atoms with van der Waals surface area (Å²) in [5.41, 5.74) is 6.16. The van der Waals surface area contributed by atoms with Crippen LogP contribution in [0, 0.1) is 0 Å². The van der Waals surface area contributed by atoms with Crippen LogP contribution in [0.15, 0.2) is 26.5 Å². The molecule has 0 aliphatic heterocycles. The molecule has 1 atom stereocenters. The van der Waals surface area contributed by atoms with Gasteiger partial charge < -0.3 is 5.73 Å². The van der Waals surface area contributed by atoms with Gasteiger partial charge in [-0.2, -0.15) is 0 Å². The Morgan fingerprint density at radius 1 is 1.33 bits per heavy atom. The molecule has 15 heavy (non-hydrogen) atoms. The molecule has 2 aromatic heterocycles. The highest BCUT2D eigenvalue weighted by Gasteiger charge is 2.17. The molecule has 80 valence electrons. The van der Waals surface area contributed by atoms with Crippen LogP contribution in [0.2, 0.25) is 4.34 Å². The molecule has 1 nitrogen and oxygen atoms in total. The van der Waals surface area contributed by atoms with Gasteiger partial charge in [0.05, 0.1) is 6.04 Å². The van der Waals surface area contributed by atoms with Crippen molar-refractivity contribution in [2.45, 2.75) is 6.04 Å². The largest absolute Gasteiger partial charge is 0.319 e. The van der Waals surface area contributed by atoms with E-state index in [-0.39, 0.29) is 6.04 Å². The van der Waals surface area contributed by atoms with Gasteiger partial charge in [0.1, 0.15) is 4.34 Å². The summed E-state index contributed by atoms with van der Waals surface area (Å²) in [4.78, 5) is 2.19. The molecule has 2 aromatic rings. The zero-order valence-corrected chi connectivity index (χ0v) is 12.9. The normalized spacial score (nSPS) is 13.1. The smallest absolute Gasteiger partial charge is 0.107 e. The lowest BCUT2D eigenvalue weighted by molar-refractivity contribution is 0.912. The van der Waals surface area contributed by atoms with E-state index in [1.54, 1.807) is 11.3 Å². The van der Waals surface area contributed by atoms with Crippen molar-refractivity contribution >= 4 is 66.1 Å². The average molecular weight is 388 g/mol. The summed E-state index contributed by atoms with van der Waals surface area (Å²) >= 11 is 16.0. The van der Waals surface area contributed by atoms with E-state index in [1.807, 2.05) is 17.5 Å². The zero-order chi connectivity index (χ0) is 11.0. The van der Waals surface area contributed by atoms with E-state index in [0.717, 1.165) is 23.0 Å². The highest BCUT2D eigenvalue weighted by molar-refractivity contribution is 9.11. The van der Waals surface area contributed by atoms with E-state index in [1.165, 1.54) is 11.3 Å². The van der Waals surface area contributed by atoms with Gasteiger partial charge in [0.25, 0.3) is 0 Å². The van der Waals surface area contributed by atoms with E-state index in [0.29, 0.717) is 0 Å². The van der Waals surface area contributed by atoms with Gasteiger partial charge in [-0.25, -0.2) is 0 Å². The molecule has 0 aliphatic rings. The Morgan fingerprint density at radius 3 is 2.53 bits per heavy atom. The Balaban J connectivity index is 2.36. The van der Waals surface area contributed by atoms with Crippen molar-refractivity contribution in [3.63, 3.8) is 0 Å². The van der Waals surface area contributed by atoms with E-state index in [4.69, 9.17) is 17.3 Å². The molecule has 0 bridgehead atoms. The van der Waals surface area contributed by atoms with Crippen molar-refractivity contribution in [2.75, 3.05) is 0 Å². The molecule has 2 heterocycles. The molecule has 0 fully saturated rings. The number of thiophene rings is 2. The Hall–Kier alpha value is 0.610. The highest BCUT2D eigenvalue weighted by atomic mass is 79.9. The van der Waals surface area contributed by atoms with Crippen molar-refractivity contribution < 1.29 is 0 Å². The summed E-state index contributed by atoms with van der Waals surface area (Å²) < 4.78 is 2.71. The van der Waals surface area contributed by atoms with Gasteiger partial charge in [0, 0.05) is 18.7 Å². The fourth-order valence-electron chi connectivity index (χ4n) is 1.17. The number of nitrogens with two attached hydrogens (primary N) is 1. The fraction of sp³-hybridized carbons (Fsp3) is 0.111.